The third-order valence-corrected chi connectivity index (χ3v) is 6.13. The minimum absolute atomic E-state index is 0.0748. The molecule has 0 unspecified atom stereocenters. The molecular formula is C24H19N5O2S. The van der Waals surface area contributed by atoms with Crippen LogP contribution in [0.3, 0.4) is 0 Å². The number of para-hydroxylation sites is 3. The van der Waals surface area contributed by atoms with E-state index in [1.165, 1.54) is 11.8 Å². The van der Waals surface area contributed by atoms with Crippen molar-refractivity contribution < 1.29 is 9.21 Å². The van der Waals surface area contributed by atoms with Crippen molar-refractivity contribution in [1.82, 2.24) is 19.3 Å². The van der Waals surface area contributed by atoms with Gasteiger partial charge in [0.1, 0.15) is 11.4 Å². The van der Waals surface area contributed by atoms with Gasteiger partial charge in [0.25, 0.3) is 0 Å². The van der Waals surface area contributed by atoms with E-state index >= 15 is 0 Å². The van der Waals surface area contributed by atoms with Gasteiger partial charge in [-0.1, -0.05) is 36.0 Å². The maximum atomic E-state index is 13.1. The summed E-state index contributed by atoms with van der Waals surface area (Å²) < 4.78 is 7.41. The van der Waals surface area contributed by atoms with Crippen molar-refractivity contribution >= 4 is 45.3 Å². The minimum Gasteiger partial charge on any atom is -0.467 e. The highest BCUT2D eigenvalue weighted by atomic mass is 32.2. The predicted octanol–water partition coefficient (Wildman–Crippen LogP) is 4.66. The second-order valence-electron chi connectivity index (χ2n) is 7.26. The number of rotatable bonds is 7. The van der Waals surface area contributed by atoms with Crippen LogP contribution in [0.25, 0.3) is 27.6 Å². The summed E-state index contributed by atoms with van der Waals surface area (Å²) in [4.78, 5) is 24.4. The Balaban J connectivity index is 1.48. The van der Waals surface area contributed by atoms with Gasteiger partial charge in [-0.15, -0.1) is 0 Å². The number of imidazole rings is 1. The number of aromatic nitrogens is 3. The fourth-order valence-electron chi connectivity index (χ4n) is 3.70. The lowest BCUT2D eigenvalue weighted by molar-refractivity contribution is -0.129. The predicted molar refractivity (Wildman–Crippen MR) is 123 cm³/mol. The SMILES string of the molecule is N#CCCN(Cc1ccco1)C(=O)CSc1nc2ccccc2c2nc3ccccc3n12. The Morgan fingerprint density at radius 3 is 2.69 bits per heavy atom. The Kier molecular flexibility index (Phi) is 5.48. The van der Waals surface area contributed by atoms with Crippen LogP contribution in [0.5, 0.6) is 0 Å². The Labute approximate surface area is 188 Å². The molecule has 0 spiro atoms. The number of hydrogen-bond acceptors (Lipinski definition) is 6. The van der Waals surface area contributed by atoms with E-state index in [0.29, 0.717) is 24.0 Å². The first-order chi connectivity index (χ1) is 15.7. The lowest BCUT2D eigenvalue weighted by Gasteiger charge is -2.20. The Morgan fingerprint density at radius 1 is 1.06 bits per heavy atom. The molecule has 0 fully saturated rings. The number of nitriles is 1. The summed E-state index contributed by atoms with van der Waals surface area (Å²) in [5.74, 6) is 0.807. The summed E-state index contributed by atoms with van der Waals surface area (Å²) in [7, 11) is 0. The second-order valence-corrected chi connectivity index (χ2v) is 8.21. The van der Waals surface area contributed by atoms with E-state index < -0.39 is 0 Å². The zero-order valence-electron chi connectivity index (χ0n) is 17.1. The number of fused-ring (bicyclic) bond motifs is 5. The van der Waals surface area contributed by atoms with E-state index in [0.717, 1.165) is 27.6 Å². The number of carbonyl (C=O) groups is 1. The zero-order chi connectivity index (χ0) is 21.9. The first-order valence-corrected chi connectivity index (χ1v) is 11.2. The molecule has 3 heterocycles. The van der Waals surface area contributed by atoms with Crippen LogP contribution >= 0.6 is 11.8 Å². The normalized spacial score (nSPS) is 11.2. The second kappa shape index (κ2) is 8.73. The zero-order valence-corrected chi connectivity index (χ0v) is 18.0. The average Bonchev–Trinajstić information content (AvgIpc) is 3.48. The molecule has 0 aliphatic carbocycles. The summed E-state index contributed by atoms with van der Waals surface area (Å²) >= 11 is 1.37. The van der Waals surface area contributed by atoms with Crippen molar-refractivity contribution in [3.63, 3.8) is 0 Å². The number of amides is 1. The largest absolute Gasteiger partial charge is 0.467 e. The first-order valence-electron chi connectivity index (χ1n) is 10.2. The molecule has 0 bridgehead atoms. The van der Waals surface area contributed by atoms with Crippen molar-refractivity contribution in [2.75, 3.05) is 12.3 Å². The Morgan fingerprint density at radius 2 is 1.88 bits per heavy atom. The van der Waals surface area contributed by atoms with Gasteiger partial charge in [0.2, 0.25) is 5.91 Å². The van der Waals surface area contributed by atoms with E-state index in [1.54, 1.807) is 17.2 Å². The number of benzene rings is 2. The lowest BCUT2D eigenvalue weighted by atomic mass is 10.2. The summed E-state index contributed by atoms with van der Waals surface area (Å²) in [6.07, 6.45) is 1.85. The van der Waals surface area contributed by atoms with Crippen LogP contribution < -0.4 is 0 Å². The van der Waals surface area contributed by atoms with Gasteiger partial charge in [-0.25, -0.2) is 9.97 Å². The molecule has 1 amide bonds. The van der Waals surface area contributed by atoms with Crippen LogP contribution in [0.1, 0.15) is 12.2 Å². The Bertz CT molecular complexity index is 1450. The Hall–Kier alpha value is -3.83. The van der Waals surface area contributed by atoms with E-state index in [-0.39, 0.29) is 18.1 Å². The van der Waals surface area contributed by atoms with Gasteiger partial charge in [-0.3, -0.25) is 9.20 Å². The molecule has 5 aromatic rings. The van der Waals surface area contributed by atoms with Gasteiger partial charge in [0.15, 0.2) is 5.16 Å². The van der Waals surface area contributed by atoms with Gasteiger partial charge in [-0.05, 0) is 36.4 Å². The molecule has 5 rings (SSSR count). The van der Waals surface area contributed by atoms with Gasteiger partial charge in [-0.2, -0.15) is 5.26 Å². The molecule has 0 radical (unpaired) electrons. The van der Waals surface area contributed by atoms with Crippen LogP contribution in [0.4, 0.5) is 0 Å². The minimum atomic E-state index is -0.0748. The summed E-state index contributed by atoms with van der Waals surface area (Å²) in [6, 6.07) is 21.5. The van der Waals surface area contributed by atoms with Crippen molar-refractivity contribution in [3.8, 4) is 6.07 Å². The number of thioether (sulfide) groups is 1. The number of furan rings is 1. The van der Waals surface area contributed by atoms with Gasteiger partial charge >= 0.3 is 0 Å². The van der Waals surface area contributed by atoms with Crippen molar-refractivity contribution in [1.29, 1.82) is 5.26 Å². The van der Waals surface area contributed by atoms with Crippen LogP contribution in [0, 0.1) is 11.3 Å². The number of hydrogen-bond donors (Lipinski definition) is 0. The topological polar surface area (TPSA) is 87.4 Å². The summed E-state index contributed by atoms with van der Waals surface area (Å²) in [6.45, 7) is 0.688. The van der Waals surface area contributed by atoms with E-state index in [1.807, 2.05) is 59.0 Å². The van der Waals surface area contributed by atoms with Crippen molar-refractivity contribution in [2.45, 2.75) is 18.1 Å². The lowest BCUT2D eigenvalue weighted by Crippen LogP contribution is -2.32. The quantitative estimate of drug-likeness (QED) is 0.270. The number of carbonyl (C=O) groups excluding carboxylic acids is 1. The first kappa shape index (κ1) is 20.1. The van der Waals surface area contributed by atoms with E-state index in [4.69, 9.17) is 19.6 Å². The monoisotopic (exact) mass is 441 g/mol. The highest BCUT2D eigenvalue weighted by Gasteiger charge is 2.19. The van der Waals surface area contributed by atoms with Crippen LogP contribution in [0.15, 0.2) is 76.5 Å². The molecule has 32 heavy (non-hydrogen) atoms. The molecule has 0 N–H and O–H groups in total. The van der Waals surface area contributed by atoms with Gasteiger partial charge in [0.05, 0.1) is 47.6 Å². The summed E-state index contributed by atoms with van der Waals surface area (Å²) in [5, 5.41) is 10.7. The van der Waals surface area contributed by atoms with Crippen molar-refractivity contribution in [3.05, 3.63) is 72.7 Å². The molecule has 2 aromatic carbocycles. The molecule has 8 heteroatoms. The maximum absolute atomic E-state index is 13.1. The molecule has 0 saturated carbocycles. The molecule has 3 aromatic heterocycles. The van der Waals surface area contributed by atoms with E-state index in [2.05, 4.69) is 6.07 Å². The van der Waals surface area contributed by atoms with Crippen LogP contribution in [-0.2, 0) is 11.3 Å². The molecular weight excluding hydrogens is 422 g/mol. The van der Waals surface area contributed by atoms with Crippen LogP contribution in [0.2, 0.25) is 0 Å². The molecule has 0 aliphatic rings. The molecule has 7 nitrogen and oxygen atoms in total. The molecule has 0 aliphatic heterocycles. The standard InChI is InChI=1S/C24H19N5O2S/c25-12-6-13-28(15-17-7-5-14-31-17)22(30)16-32-24-27-19-9-2-1-8-18(19)23-26-20-10-3-4-11-21(20)29(23)24/h1-5,7-11,14H,6,13,15-16H2. The van der Waals surface area contributed by atoms with Crippen LogP contribution in [-0.4, -0.2) is 37.5 Å². The molecule has 158 valence electrons. The fraction of sp³-hybridized carbons (Fsp3) is 0.167. The fourth-order valence-corrected chi connectivity index (χ4v) is 4.61. The maximum Gasteiger partial charge on any atom is 0.233 e. The highest BCUT2D eigenvalue weighted by Crippen LogP contribution is 2.29. The average molecular weight is 442 g/mol. The number of nitrogens with zero attached hydrogens (tertiary/aromatic N) is 5. The highest BCUT2D eigenvalue weighted by molar-refractivity contribution is 7.99. The molecule has 0 saturated heterocycles. The molecule has 0 atom stereocenters. The van der Waals surface area contributed by atoms with Crippen molar-refractivity contribution in [2.24, 2.45) is 0 Å². The third-order valence-electron chi connectivity index (χ3n) is 5.21. The third kappa shape index (κ3) is 3.79. The smallest absolute Gasteiger partial charge is 0.233 e. The van der Waals surface area contributed by atoms with Gasteiger partial charge < -0.3 is 9.32 Å². The van der Waals surface area contributed by atoms with Gasteiger partial charge in [0, 0.05) is 11.9 Å². The summed E-state index contributed by atoms with van der Waals surface area (Å²) in [5.41, 5.74) is 3.49. The van der Waals surface area contributed by atoms with E-state index in [9.17, 15) is 4.79 Å².